The third-order valence-corrected chi connectivity index (χ3v) is 27.6. The van der Waals surface area contributed by atoms with E-state index in [4.69, 9.17) is 13.6 Å². The zero-order chi connectivity index (χ0) is 34.9. The van der Waals surface area contributed by atoms with Crippen LogP contribution in [0.1, 0.15) is 122 Å². The number of benzene rings is 1. The SMILES string of the molecule is CC(C)[Si](OC/C(=C/[C@H]1C[C@]2(O[Si](C(C)C)(C(C)C)C(C)C)C[C@@H](C)[C@@]1([Se]c1ccccc1)O2)CC1=CCCC1=O)(C(C)C)C(C)C. The fourth-order valence-corrected chi connectivity index (χ4v) is 24.2. The molecule has 1 aliphatic carbocycles. The van der Waals surface area contributed by atoms with E-state index in [9.17, 15) is 4.79 Å². The normalized spacial score (nSPS) is 27.2. The first-order chi connectivity index (χ1) is 22.0. The number of ether oxygens (including phenoxy) is 1. The Morgan fingerprint density at radius 2 is 1.43 bits per heavy atom. The summed E-state index contributed by atoms with van der Waals surface area (Å²) in [5.74, 6) is 0.302. The standard InChI is InChI=1S/C40H66O4SeSi2/c1-27(2)46(28(3)4,29(5)6)42-26-34(22-35-18-17-21-38(35)41)23-36-25-39(44-47(30(7)8,31(9)10)32(11)12)24-33(13)40(36,43-39)45-37-19-15-14-16-20-37/h14-16,18-20,23,27-33,36H,17,21-22,24-26H2,1-13H3/b34-23+/t33-,36+,39-,40+/m1/s1. The number of allylic oxidation sites excluding steroid dienone is 2. The van der Waals surface area contributed by atoms with Gasteiger partial charge >= 0.3 is 298 Å². The van der Waals surface area contributed by atoms with E-state index < -0.39 is 22.4 Å². The minimum absolute atomic E-state index is 0.0921. The maximum atomic E-state index is 13.0. The number of rotatable bonds is 16. The molecule has 264 valence electrons. The van der Waals surface area contributed by atoms with Gasteiger partial charge in [0.25, 0.3) is 0 Å². The molecule has 47 heavy (non-hydrogen) atoms. The summed E-state index contributed by atoms with van der Waals surface area (Å²) in [4.78, 5) is 13.0. The Hall–Kier alpha value is -0.797. The van der Waals surface area contributed by atoms with E-state index in [1.165, 1.54) is 10.0 Å². The Balaban J connectivity index is 1.81. The van der Waals surface area contributed by atoms with Gasteiger partial charge < -0.3 is 0 Å². The summed E-state index contributed by atoms with van der Waals surface area (Å²) in [5, 5.41) is 0. The Labute approximate surface area is 296 Å². The van der Waals surface area contributed by atoms with Crippen molar-refractivity contribution in [1.29, 1.82) is 0 Å². The summed E-state index contributed by atoms with van der Waals surface area (Å²) < 4.78 is 23.5. The number of ketones is 1. The average Bonchev–Trinajstić information content (AvgIpc) is 3.60. The summed E-state index contributed by atoms with van der Waals surface area (Å²) in [6.45, 7) is 31.4. The van der Waals surface area contributed by atoms with Crippen molar-refractivity contribution in [2.24, 2.45) is 11.8 Å². The summed E-state index contributed by atoms with van der Waals surface area (Å²) in [6.07, 6.45) is 8.72. The summed E-state index contributed by atoms with van der Waals surface area (Å²) in [5.41, 5.74) is 5.23. The van der Waals surface area contributed by atoms with Crippen LogP contribution < -0.4 is 4.46 Å². The van der Waals surface area contributed by atoms with Crippen LogP contribution >= 0.6 is 0 Å². The van der Waals surface area contributed by atoms with E-state index in [0.717, 1.165) is 24.8 Å². The second-order valence-electron chi connectivity index (χ2n) is 16.8. The molecule has 4 nitrogen and oxygen atoms in total. The van der Waals surface area contributed by atoms with Gasteiger partial charge in [-0.2, -0.15) is 0 Å². The molecule has 0 spiro atoms. The van der Waals surface area contributed by atoms with Gasteiger partial charge in [0, 0.05) is 0 Å². The van der Waals surface area contributed by atoms with Crippen molar-refractivity contribution in [1.82, 2.24) is 0 Å². The van der Waals surface area contributed by atoms with Crippen molar-refractivity contribution in [3.8, 4) is 0 Å². The van der Waals surface area contributed by atoms with Crippen LogP contribution in [0.2, 0.25) is 33.2 Å². The van der Waals surface area contributed by atoms with Crippen molar-refractivity contribution in [2.45, 2.75) is 166 Å². The van der Waals surface area contributed by atoms with Crippen LogP contribution in [-0.4, -0.2) is 54.3 Å². The number of carbonyl (C=O) groups excluding carboxylic acids is 1. The summed E-state index contributed by atoms with van der Waals surface area (Å²) in [6, 6.07) is 11.0. The molecule has 2 heterocycles. The number of hydrogen-bond donors (Lipinski definition) is 0. The molecule has 4 rings (SSSR count). The number of Topliss-reactive ketones (excluding diaryl/α,β-unsaturated/α-hetero) is 1. The van der Waals surface area contributed by atoms with Crippen LogP contribution in [0.15, 0.2) is 53.6 Å². The molecule has 0 aromatic heterocycles. The molecule has 1 aromatic carbocycles. The first kappa shape index (κ1) is 39.0. The molecule has 2 saturated heterocycles. The van der Waals surface area contributed by atoms with Crippen molar-refractivity contribution in [3.63, 3.8) is 0 Å². The van der Waals surface area contributed by atoms with Crippen molar-refractivity contribution >= 4 is 41.8 Å². The molecule has 0 N–H and O–H groups in total. The van der Waals surface area contributed by atoms with Crippen LogP contribution in [-0.2, 0) is 18.4 Å². The van der Waals surface area contributed by atoms with Gasteiger partial charge in [-0.05, 0) is 0 Å². The Morgan fingerprint density at radius 1 is 0.872 bits per heavy atom. The minimum atomic E-state index is -2.21. The van der Waals surface area contributed by atoms with Crippen molar-refractivity contribution in [2.75, 3.05) is 6.61 Å². The molecular weight excluding hydrogens is 680 g/mol. The summed E-state index contributed by atoms with van der Waals surface area (Å²) >= 11 is 0.0921. The zero-order valence-corrected chi connectivity index (χ0v) is 35.7. The predicted molar refractivity (Wildman–Crippen MR) is 204 cm³/mol. The first-order valence-corrected chi connectivity index (χ1v) is 24.6. The molecule has 2 aliphatic heterocycles. The van der Waals surface area contributed by atoms with Gasteiger partial charge in [0.2, 0.25) is 0 Å². The Kier molecular flexibility index (Phi) is 12.6. The Morgan fingerprint density at radius 3 is 1.91 bits per heavy atom. The Bertz CT molecular complexity index is 1240. The van der Waals surface area contributed by atoms with E-state index >= 15 is 0 Å². The molecule has 0 saturated carbocycles. The fourth-order valence-electron chi connectivity index (χ4n) is 10.1. The van der Waals surface area contributed by atoms with Crippen LogP contribution in [0.3, 0.4) is 0 Å². The van der Waals surface area contributed by atoms with E-state index in [1.807, 2.05) is 0 Å². The van der Waals surface area contributed by atoms with Gasteiger partial charge in [0.1, 0.15) is 0 Å². The van der Waals surface area contributed by atoms with Gasteiger partial charge in [0.05, 0.1) is 0 Å². The molecule has 0 unspecified atom stereocenters. The molecule has 0 radical (unpaired) electrons. The van der Waals surface area contributed by atoms with E-state index in [1.54, 1.807) is 0 Å². The molecule has 1 aromatic rings. The second kappa shape index (κ2) is 15.2. The van der Waals surface area contributed by atoms with Gasteiger partial charge in [-0.25, -0.2) is 0 Å². The quantitative estimate of drug-likeness (QED) is 0.125. The van der Waals surface area contributed by atoms with Crippen LogP contribution in [0.5, 0.6) is 0 Å². The van der Waals surface area contributed by atoms with Gasteiger partial charge in [-0.3, -0.25) is 0 Å². The topological polar surface area (TPSA) is 44.8 Å². The predicted octanol–water partition coefficient (Wildman–Crippen LogP) is 10.5. The number of carbonyl (C=O) groups is 1. The summed E-state index contributed by atoms with van der Waals surface area (Å²) in [7, 11) is -4.32. The van der Waals surface area contributed by atoms with E-state index in [2.05, 4.69) is 132 Å². The zero-order valence-electron chi connectivity index (χ0n) is 31.9. The molecule has 3 aliphatic rings. The van der Waals surface area contributed by atoms with Gasteiger partial charge in [0.15, 0.2) is 0 Å². The van der Waals surface area contributed by atoms with Crippen molar-refractivity contribution < 1.29 is 18.4 Å². The van der Waals surface area contributed by atoms with E-state index in [0.29, 0.717) is 64.4 Å². The molecule has 2 fully saturated rings. The van der Waals surface area contributed by atoms with Crippen LogP contribution in [0.25, 0.3) is 0 Å². The molecule has 0 amide bonds. The molecular formula is C40H66O4SeSi2. The van der Waals surface area contributed by atoms with Gasteiger partial charge in [-0.15, -0.1) is 0 Å². The fraction of sp³-hybridized carbons (Fsp3) is 0.725. The third-order valence-electron chi connectivity index (χ3n) is 12.0. The van der Waals surface area contributed by atoms with Crippen LogP contribution in [0, 0.1) is 11.8 Å². The molecule has 2 bridgehead atoms. The maximum absolute atomic E-state index is 13.0. The monoisotopic (exact) mass is 746 g/mol. The molecule has 4 atom stereocenters. The van der Waals surface area contributed by atoms with Gasteiger partial charge in [-0.1, -0.05) is 0 Å². The first-order valence-electron chi connectivity index (χ1n) is 18.7. The van der Waals surface area contributed by atoms with Crippen molar-refractivity contribution in [3.05, 3.63) is 53.6 Å². The van der Waals surface area contributed by atoms with Crippen LogP contribution in [0.4, 0.5) is 0 Å². The average molecular weight is 746 g/mol. The molecule has 7 heteroatoms. The number of fused-ring (bicyclic) bond motifs is 2. The van der Waals surface area contributed by atoms with E-state index in [-0.39, 0.29) is 25.4 Å². The second-order valence-corrected chi connectivity index (χ2v) is 30.4. The number of hydrogen-bond acceptors (Lipinski definition) is 4. The third kappa shape index (κ3) is 7.48.